The van der Waals surface area contributed by atoms with E-state index in [1.165, 1.54) is 0 Å². The molecule has 0 saturated heterocycles. The minimum absolute atomic E-state index is 0.0113. The standard InChI is InChI=1S/C12H17BrN2O2/c1-3-7(2)10(14)12(17)15-9-6-4-5-8(13)11(9)16/h4-7,10,16H,3,14H2,1-2H3,(H,15,17). The van der Waals surface area contributed by atoms with Crippen molar-refractivity contribution >= 4 is 27.5 Å². The maximum Gasteiger partial charge on any atom is 0.241 e. The summed E-state index contributed by atoms with van der Waals surface area (Å²) in [6.07, 6.45) is 0.832. The average Bonchev–Trinajstić information content (AvgIpc) is 2.32. The molecule has 0 bridgehead atoms. The van der Waals surface area contributed by atoms with Gasteiger partial charge in [0, 0.05) is 0 Å². The van der Waals surface area contributed by atoms with Gasteiger partial charge in [-0.05, 0) is 34.0 Å². The number of phenols is 1. The van der Waals surface area contributed by atoms with E-state index in [4.69, 9.17) is 5.73 Å². The molecule has 0 aliphatic carbocycles. The smallest absolute Gasteiger partial charge is 0.241 e. The molecule has 0 radical (unpaired) electrons. The first-order valence-electron chi connectivity index (χ1n) is 5.51. The van der Waals surface area contributed by atoms with Gasteiger partial charge in [-0.3, -0.25) is 4.79 Å². The zero-order valence-corrected chi connectivity index (χ0v) is 11.5. The van der Waals surface area contributed by atoms with E-state index in [9.17, 15) is 9.90 Å². The number of benzene rings is 1. The summed E-state index contributed by atoms with van der Waals surface area (Å²) in [7, 11) is 0. The molecule has 1 aromatic carbocycles. The Morgan fingerprint density at radius 3 is 2.82 bits per heavy atom. The van der Waals surface area contributed by atoms with Crippen molar-refractivity contribution in [2.75, 3.05) is 5.32 Å². The number of rotatable bonds is 4. The lowest BCUT2D eigenvalue weighted by Gasteiger charge is -2.18. The van der Waals surface area contributed by atoms with Gasteiger partial charge in [0.15, 0.2) is 5.75 Å². The zero-order chi connectivity index (χ0) is 13.0. The van der Waals surface area contributed by atoms with E-state index in [0.717, 1.165) is 6.42 Å². The number of hydrogen-bond acceptors (Lipinski definition) is 3. The third kappa shape index (κ3) is 3.44. The fraction of sp³-hybridized carbons (Fsp3) is 0.417. The third-order valence-electron chi connectivity index (χ3n) is 2.80. The van der Waals surface area contributed by atoms with E-state index >= 15 is 0 Å². The van der Waals surface area contributed by atoms with Crippen molar-refractivity contribution in [2.45, 2.75) is 26.3 Å². The molecule has 94 valence electrons. The number of halogens is 1. The Bertz CT molecular complexity index is 409. The fourth-order valence-electron chi connectivity index (χ4n) is 1.34. The third-order valence-corrected chi connectivity index (χ3v) is 3.44. The van der Waals surface area contributed by atoms with Gasteiger partial charge in [0.2, 0.25) is 5.91 Å². The average molecular weight is 301 g/mol. The molecule has 0 heterocycles. The molecule has 1 aromatic rings. The lowest BCUT2D eigenvalue weighted by molar-refractivity contribution is -0.118. The molecule has 17 heavy (non-hydrogen) atoms. The van der Waals surface area contributed by atoms with Gasteiger partial charge < -0.3 is 16.2 Å². The maximum absolute atomic E-state index is 11.8. The first-order valence-corrected chi connectivity index (χ1v) is 6.30. The van der Waals surface area contributed by atoms with Crippen LogP contribution in [0.15, 0.2) is 22.7 Å². The molecule has 0 saturated carbocycles. The summed E-state index contributed by atoms with van der Waals surface area (Å²) in [6, 6.07) is 4.48. The van der Waals surface area contributed by atoms with Gasteiger partial charge in [-0.15, -0.1) is 0 Å². The zero-order valence-electron chi connectivity index (χ0n) is 9.90. The molecule has 0 aliphatic rings. The SMILES string of the molecule is CCC(C)C(N)C(=O)Nc1cccc(Br)c1O. The number of hydrogen-bond donors (Lipinski definition) is 3. The van der Waals surface area contributed by atoms with Gasteiger partial charge in [0.05, 0.1) is 16.2 Å². The van der Waals surface area contributed by atoms with E-state index in [1.54, 1.807) is 18.2 Å². The summed E-state index contributed by atoms with van der Waals surface area (Å²) >= 11 is 3.18. The van der Waals surface area contributed by atoms with E-state index in [2.05, 4.69) is 21.2 Å². The van der Waals surface area contributed by atoms with Gasteiger partial charge in [0.1, 0.15) is 0 Å². The minimum atomic E-state index is -0.571. The van der Waals surface area contributed by atoms with Crippen molar-refractivity contribution in [1.29, 1.82) is 0 Å². The van der Waals surface area contributed by atoms with E-state index in [1.807, 2.05) is 13.8 Å². The monoisotopic (exact) mass is 300 g/mol. The molecule has 4 nitrogen and oxygen atoms in total. The second kappa shape index (κ2) is 6.02. The van der Waals surface area contributed by atoms with Crippen LogP contribution in [0.5, 0.6) is 5.75 Å². The topological polar surface area (TPSA) is 75.4 Å². The van der Waals surface area contributed by atoms with Crippen LogP contribution in [0.25, 0.3) is 0 Å². The van der Waals surface area contributed by atoms with Gasteiger partial charge in [0.25, 0.3) is 0 Å². The van der Waals surface area contributed by atoms with Crippen LogP contribution in [-0.2, 0) is 4.79 Å². The van der Waals surface area contributed by atoms with Crippen molar-refractivity contribution in [1.82, 2.24) is 0 Å². The second-order valence-corrected chi connectivity index (χ2v) is 4.89. The Morgan fingerprint density at radius 1 is 1.59 bits per heavy atom. The summed E-state index contributed by atoms with van der Waals surface area (Å²) in [4.78, 5) is 11.8. The van der Waals surface area contributed by atoms with Crippen molar-refractivity contribution in [3.05, 3.63) is 22.7 Å². The van der Waals surface area contributed by atoms with Crippen LogP contribution >= 0.6 is 15.9 Å². The Kier molecular flexibility index (Phi) is 4.96. The van der Waals surface area contributed by atoms with Crippen LogP contribution in [0, 0.1) is 5.92 Å². The van der Waals surface area contributed by atoms with E-state index in [0.29, 0.717) is 10.2 Å². The Labute approximate surface area is 109 Å². The van der Waals surface area contributed by atoms with E-state index in [-0.39, 0.29) is 17.6 Å². The lowest BCUT2D eigenvalue weighted by atomic mass is 9.99. The lowest BCUT2D eigenvalue weighted by Crippen LogP contribution is -2.40. The number of amides is 1. The highest BCUT2D eigenvalue weighted by Crippen LogP contribution is 2.31. The first kappa shape index (κ1) is 14.0. The van der Waals surface area contributed by atoms with Crippen molar-refractivity contribution in [3.8, 4) is 5.75 Å². The summed E-state index contributed by atoms with van der Waals surface area (Å²) in [5.41, 5.74) is 6.17. The van der Waals surface area contributed by atoms with Crippen molar-refractivity contribution < 1.29 is 9.90 Å². The molecule has 1 amide bonds. The number of anilines is 1. The van der Waals surface area contributed by atoms with Crippen LogP contribution < -0.4 is 11.1 Å². The Hall–Kier alpha value is -1.07. The number of para-hydroxylation sites is 1. The molecular weight excluding hydrogens is 284 g/mol. The van der Waals surface area contributed by atoms with Crippen LogP contribution in [0.1, 0.15) is 20.3 Å². The number of carbonyl (C=O) groups excluding carboxylic acids is 1. The maximum atomic E-state index is 11.8. The largest absolute Gasteiger partial charge is 0.505 e. The Balaban J connectivity index is 2.78. The van der Waals surface area contributed by atoms with Crippen LogP contribution in [-0.4, -0.2) is 17.1 Å². The minimum Gasteiger partial charge on any atom is -0.505 e. The highest BCUT2D eigenvalue weighted by Gasteiger charge is 2.20. The van der Waals surface area contributed by atoms with E-state index < -0.39 is 6.04 Å². The normalized spacial score (nSPS) is 14.1. The number of carbonyl (C=O) groups is 1. The molecule has 4 N–H and O–H groups in total. The molecule has 5 heteroatoms. The van der Waals surface area contributed by atoms with Crippen LogP contribution in [0.3, 0.4) is 0 Å². The molecule has 0 fully saturated rings. The predicted molar refractivity (Wildman–Crippen MR) is 71.9 cm³/mol. The molecule has 2 atom stereocenters. The summed E-state index contributed by atoms with van der Waals surface area (Å²) in [6.45, 7) is 3.90. The van der Waals surface area contributed by atoms with Crippen LogP contribution in [0.4, 0.5) is 5.69 Å². The molecular formula is C12H17BrN2O2. The molecule has 0 aromatic heterocycles. The van der Waals surface area contributed by atoms with Gasteiger partial charge in [-0.25, -0.2) is 0 Å². The number of nitrogens with two attached hydrogens (primary N) is 1. The molecule has 2 unspecified atom stereocenters. The second-order valence-electron chi connectivity index (χ2n) is 4.04. The molecule has 1 rings (SSSR count). The Morgan fingerprint density at radius 2 is 2.24 bits per heavy atom. The molecule has 0 aliphatic heterocycles. The van der Waals surface area contributed by atoms with Crippen molar-refractivity contribution in [2.24, 2.45) is 11.7 Å². The van der Waals surface area contributed by atoms with Gasteiger partial charge in [-0.2, -0.15) is 0 Å². The quantitative estimate of drug-likeness (QED) is 0.748. The summed E-state index contributed by atoms with van der Waals surface area (Å²) in [5.74, 6) is -0.172. The van der Waals surface area contributed by atoms with Gasteiger partial charge in [-0.1, -0.05) is 26.3 Å². The van der Waals surface area contributed by atoms with Gasteiger partial charge >= 0.3 is 0 Å². The highest BCUT2D eigenvalue weighted by atomic mass is 79.9. The molecule has 0 spiro atoms. The fourth-order valence-corrected chi connectivity index (χ4v) is 1.71. The number of aromatic hydroxyl groups is 1. The predicted octanol–water partition coefficient (Wildman–Crippen LogP) is 2.47. The number of nitrogens with one attached hydrogen (secondary N) is 1. The first-order chi connectivity index (χ1) is 7.97. The summed E-state index contributed by atoms with van der Waals surface area (Å²) < 4.78 is 0.535. The van der Waals surface area contributed by atoms with Crippen LogP contribution in [0.2, 0.25) is 0 Å². The summed E-state index contributed by atoms with van der Waals surface area (Å²) in [5, 5.41) is 12.3. The van der Waals surface area contributed by atoms with Crippen molar-refractivity contribution in [3.63, 3.8) is 0 Å². The number of phenolic OH excluding ortho intramolecular Hbond substituents is 1. The highest BCUT2D eigenvalue weighted by molar-refractivity contribution is 9.10.